The summed E-state index contributed by atoms with van der Waals surface area (Å²) in [5, 5.41) is 11.2. The fourth-order valence-corrected chi connectivity index (χ4v) is 5.20. The summed E-state index contributed by atoms with van der Waals surface area (Å²) in [6.45, 7) is 10.9. The van der Waals surface area contributed by atoms with Crippen molar-refractivity contribution in [1.29, 1.82) is 5.41 Å². The summed E-state index contributed by atoms with van der Waals surface area (Å²) in [5.74, 6) is -1.19. The first-order valence-electron chi connectivity index (χ1n) is 13.5. The predicted octanol–water partition coefficient (Wildman–Crippen LogP) is 3.21. The van der Waals surface area contributed by atoms with E-state index in [0.717, 1.165) is 12.8 Å². The fraction of sp³-hybridized carbons (Fsp3) is 0.643. The number of amides is 2. The molecule has 1 unspecified atom stereocenters. The standard InChI is InChI=1S/C28H41FN4O5/c1-5-23(28(3,4)27(36)33-11-9-19(10-12-33)17-24(34)38-6-2)31-26(35)21-8-7-20(18-22(21)29)25(30)32-13-15-37-16-14-32/h7-8,18-19,23,30H,5-6,9-17H2,1-4H3,(H,31,35). The molecule has 0 bridgehead atoms. The van der Waals surface area contributed by atoms with Crippen molar-refractivity contribution < 1.29 is 28.2 Å². The molecule has 2 aliphatic rings. The van der Waals surface area contributed by atoms with Gasteiger partial charge in [-0.2, -0.15) is 0 Å². The molecule has 2 N–H and O–H groups in total. The summed E-state index contributed by atoms with van der Waals surface area (Å²) in [6.07, 6.45) is 2.30. The van der Waals surface area contributed by atoms with E-state index >= 15 is 0 Å². The molecule has 0 spiro atoms. The van der Waals surface area contributed by atoms with Gasteiger partial charge >= 0.3 is 5.97 Å². The summed E-state index contributed by atoms with van der Waals surface area (Å²) >= 11 is 0. The summed E-state index contributed by atoms with van der Waals surface area (Å²) in [6, 6.07) is 3.67. The Morgan fingerprint density at radius 1 is 1.13 bits per heavy atom. The largest absolute Gasteiger partial charge is 0.466 e. The quantitative estimate of drug-likeness (QED) is 0.287. The first kappa shape index (κ1) is 29.5. The number of piperidine rings is 1. The van der Waals surface area contributed by atoms with Crippen molar-refractivity contribution in [3.05, 3.63) is 35.1 Å². The zero-order chi connectivity index (χ0) is 27.9. The van der Waals surface area contributed by atoms with E-state index in [1.807, 2.05) is 11.8 Å². The van der Waals surface area contributed by atoms with Crippen LogP contribution in [0.1, 0.15) is 69.3 Å². The lowest BCUT2D eigenvalue weighted by molar-refractivity contribution is -0.145. The Labute approximate surface area is 224 Å². The number of rotatable bonds is 9. The maximum absolute atomic E-state index is 15.0. The van der Waals surface area contributed by atoms with Gasteiger partial charge in [0.2, 0.25) is 5.91 Å². The topological polar surface area (TPSA) is 112 Å². The number of nitrogens with one attached hydrogen (secondary N) is 2. The third kappa shape index (κ3) is 7.09. The minimum Gasteiger partial charge on any atom is -0.466 e. The van der Waals surface area contributed by atoms with Gasteiger partial charge in [-0.05, 0) is 58.1 Å². The second-order valence-corrected chi connectivity index (χ2v) is 10.5. The number of nitrogens with zero attached hydrogens (tertiary/aromatic N) is 2. The maximum Gasteiger partial charge on any atom is 0.306 e. The van der Waals surface area contributed by atoms with Crippen LogP contribution in [0.4, 0.5) is 4.39 Å². The highest BCUT2D eigenvalue weighted by atomic mass is 19.1. The van der Waals surface area contributed by atoms with Crippen molar-refractivity contribution in [3.8, 4) is 0 Å². The molecule has 0 aliphatic carbocycles. The monoisotopic (exact) mass is 532 g/mol. The van der Waals surface area contributed by atoms with Gasteiger partial charge in [-0.1, -0.05) is 13.0 Å². The Balaban J connectivity index is 1.61. The van der Waals surface area contributed by atoms with E-state index in [-0.39, 0.29) is 29.2 Å². The molecule has 0 aromatic heterocycles. The lowest BCUT2D eigenvalue weighted by Crippen LogP contribution is -2.54. The normalized spacial score (nSPS) is 17.6. The molecule has 2 aliphatic heterocycles. The smallest absolute Gasteiger partial charge is 0.306 e. The molecular weight excluding hydrogens is 491 g/mol. The molecule has 2 fully saturated rings. The van der Waals surface area contributed by atoms with E-state index in [1.165, 1.54) is 12.1 Å². The second kappa shape index (κ2) is 13.2. The number of halogens is 1. The van der Waals surface area contributed by atoms with Crippen molar-refractivity contribution in [2.75, 3.05) is 46.0 Å². The molecule has 210 valence electrons. The van der Waals surface area contributed by atoms with Crippen LogP contribution in [0.15, 0.2) is 18.2 Å². The number of likely N-dealkylation sites (tertiary alicyclic amines) is 1. The average Bonchev–Trinajstić information content (AvgIpc) is 2.91. The number of amidine groups is 1. The van der Waals surface area contributed by atoms with Gasteiger partial charge in [-0.3, -0.25) is 19.8 Å². The van der Waals surface area contributed by atoms with Crippen LogP contribution in [0.5, 0.6) is 0 Å². The number of carbonyl (C=O) groups excluding carboxylic acids is 3. The third-order valence-electron chi connectivity index (χ3n) is 7.61. The van der Waals surface area contributed by atoms with Crippen molar-refractivity contribution in [3.63, 3.8) is 0 Å². The number of carbonyl (C=O) groups is 3. The number of morpholine rings is 1. The molecule has 38 heavy (non-hydrogen) atoms. The number of esters is 1. The zero-order valence-corrected chi connectivity index (χ0v) is 23.0. The lowest BCUT2D eigenvalue weighted by Gasteiger charge is -2.40. The Hall–Kier alpha value is -3.01. The molecule has 0 saturated carbocycles. The Bertz CT molecular complexity index is 1020. The first-order valence-corrected chi connectivity index (χ1v) is 13.5. The summed E-state index contributed by atoms with van der Waals surface area (Å²) in [5.41, 5.74) is -0.632. The fourth-order valence-electron chi connectivity index (χ4n) is 5.20. The molecule has 3 rings (SSSR count). The average molecular weight is 533 g/mol. The maximum atomic E-state index is 15.0. The van der Waals surface area contributed by atoms with E-state index in [0.29, 0.717) is 64.4 Å². The molecule has 1 aromatic carbocycles. The molecule has 1 atom stereocenters. The summed E-state index contributed by atoms with van der Waals surface area (Å²) < 4.78 is 25.3. The van der Waals surface area contributed by atoms with Gasteiger partial charge in [-0.15, -0.1) is 0 Å². The highest BCUT2D eigenvalue weighted by Crippen LogP contribution is 2.30. The van der Waals surface area contributed by atoms with Crippen molar-refractivity contribution in [2.45, 2.75) is 59.4 Å². The van der Waals surface area contributed by atoms with Crippen molar-refractivity contribution in [1.82, 2.24) is 15.1 Å². The van der Waals surface area contributed by atoms with Crippen LogP contribution >= 0.6 is 0 Å². The Morgan fingerprint density at radius 2 is 1.79 bits per heavy atom. The summed E-state index contributed by atoms with van der Waals surface area (Å²) in [4.78, 5) is 41.9. The number of benzene rings is 1. The predicted molar refractivity (Wildman–Crippen MR) is 142 cm³/mol. The van der Waals surface area contributed by atoms with Gasteiger partial charge in [0.05, 0.1) is 30.8 Å². The zero-order valence-electron chi connectivity index (χ0n) is 23.0. The Morgan fingerprint density at radius 3 is 2.37 bits per heavy atom. The van der Waals surface area contributed by atoms with Crippen LogP contribution in [-0.2, 0) is 19.1 Å². The number of hydrogen-bond donors (Lipinski definition) is 2. The third-order valence-corrected chi connectivity index (χ3v) is 7.61. The SMILES string of the molecule is CCOC(=O)CC1CCN(C(=O)C(C)(C)C(CC)NC(=O)c2ccc(C(=N)N3CCOCC3)cc2F)CC1. The molecule has 10 heteroatoms. The van der Waals surface area contributed by atoms with E-state index < -0.39 is 23.2 Å². The van der Waals surface area contributed by atoms with E-state index in [1.54, 1.807) is 31.7 Å². The highest BCUT2D eigenvalue weighted by Gasteiger charge is 2.41. The summed E-state index contributed by atoms with van der Waals surface area (Å²) in [7, 11) is 0. The molecule has 2 amide bonds. The van der Waals surface area contributed by atoms with Crippen LogP contribution in [0.2, 0.25) is 0 Å². The van der Waals surface area contributed by atoms with E-state index in [4.69, 9.17) is 14.9 Å². The molecular formula is C28H41FN4O5. The molecule has 2 saturated heterocycles. The second-order valence-electron chi connectivity index (χ2n) is 10.5. The Kier molecular flexibility index (Phi) is 10.2. The minimum absolute atomic E-state index is 0.0750. The minimum atomic E-state index is -0.909. The van der Waals surface area contributed by atoms with E-state index in [2.05, 4.69) is 5.32 Å². The molecule has 0 radical (unpaired) electrons. The van der Waals surface area contributed by atoms with E-state index in [9.17, 15) is 18.8 Å². The van der Waals surface area contributed by atoms with Crippen molar-refractivity contribution >= 4 is 23.6 Å². The number of ether oxygens (including phenoxy) is 2. The van der Waals surface area contributed by atoms with Crippen LogP contribution < -0.4 is 5.32 Å². The van der Waals surface area contributed by atoms with Crippen LogP contribution in [0.3, 0.4) is 0 Å². The molecule has 9 nitrogen and oxygen atoms in total. The molecule has 2 heterocycles. The molecule has 1 aromatic rings. The van der Waals surface area contributed by atoms with Crippen molar-refractivity contribution in [2.24, 2.45) is 11.3 Å². The lowest BCUT2D eigenvalue weighted by atomic mass is 9.80. The number of hydrogen-bond acceptors (Lipinski definition) is 6. The van der Waals surface area contributed by atoms with Crippen LogP contribution in [0, 0.1) is 22.6 Å². The first-order chi connectivity index (χ1) is 18.1. The van der Waals surface area contributed by atoms with Gasteiger partial charge in [0.1, 0.15) is 11.7 Å². The van der Waals surface area contributed by atoms with Gasteiger partial charge < -0.3 is 24.6 Å². The van der Waals surface area contributed by atoms with Gasteiger partial charge in [-0.25, -0.2) is 4.39 Å². The highest BCUT2D eigenvalue weighted by molar-refractivity contribution is 5.99. The van der Waals surface area contributed by atoms with Gasteiger partial charge in [0, 0.05) is 44.2 Å². The van der Waals surface area contributed by atoms with Gasteiger partial charge in [0.25, 0.3) is 5.91 Å². The van der Waals surface area contributed by atoms with Crippen LogP contribution in [0.25, 0.3) is 0 Å². The van der Waals surface area contributed by atoms with Gasteiger partial charge in [0.15, 0.2) is 0 Å². The van der Waals surface area contributed by atoms with Crippen LogP contribution in [-0.4, -0.2) is 85.5 Å².